The number of epoxide rings is 1. The summed E-state index contributed by atoms with van der Waals surface area (Å²) in [6.45, 7) is 7.64. The van der Waals surface area contributed by atoms with Crippen molar-refractivity contribution in [2.45, 2.75) is 20.1 Å². The maximum absolute atomic E-state index is 12.1. The van der Waals surface area contributed by atoms with Crippen molar-refractivity contribution >= 4 is 7.82 Å². The van der Waals surface area contributed by atoms with Gasteiger partial charge in [-0.05, 0) is 26.0 Å². The summed E-state index contributed by atoms with van der Waals surface area (Å²) in [6.07, 6.45) is 1.28. The Hall–Kier alpha value is -1.13. The Morgan fingerprint density at radius 1 is 1.47 bits per heavy atom. The molecule has 6 heteroatoms. The number of hydrogen-bond acceptors (Lipinski definition) is 5. The lowest BCUT2D eigenvalue weighted by Crippen LogP contribution is -2.04. The van der Waals surface area contributed by atoms with E-state index >= 15 is 0 Å². The summed E-state index contributed by atoms with van der Waals surface area (Å²) < 4.78 is 32.2. The number of hydrogen-bond donors (Lipinski definition) is 0. The largest absolute Gasteiger partial charge is 0.532 e. The van der Waals surface area contributed by atoms with Crippen molar-refractivity contribution in [1.29, 1.82) is 0 Å². The molecule has 0 bridgehead atoms. The summed E-state index contributed by atoms with van der Waals surface area (Å²) >= 11 is 0. The van der Waals surface area contributed by atoms with E-state index in [1.807, 2.05) is 13.0 Å². The van der Waals surface area contributed by atoms with Crippen LogP contribution in [0.4, 0.5) is 0 Å². The Kier molecular flexibility index (Phi) is 6.81. The van der Waals surface area contributed by atoms with E-state index in [-0.39, 0.29) is 6.61 Å². The summed E-state index contributed by atoms with van der Waals surface area (Å²) in [5.41, 5.74) is 0. The quantitative estimate of drug-likeness (QED) is 0.452. The van der Waals surface area contributed by atoms with Crippen LogP contribution < -0.4 is 4.52 Å². The molecule has 2 unspecified atom stereocenters. The van der Waals surface area contributed by atoms with Crippen molar-refractivity contribution in [3.63, 3.8) is 0 Å². The van der Waals surface area contributed by atoms with Gasteiger partial charge in [0.15, 0.2) is 6.29 Å². The molecule has 1 aliphatic heterocycles. The summed E-state index contributed by atoms with van der Waals surface area (Å²) in [6, 6.07) is 8.76. The normalized spacial score (nSPS) is 19.6. The molecule has 1 saturated heterocycles. The number of phosphoric ester groups is 1. The van der Waals surface area contributed by atoms with Crippen LogP contribution in [0.15, 0.2) is 43.0 Å². The van der Waals surface area contributed by atoms with Crippen molar-refractivity contribution in [2.24, 2.45) is 0 Å². The van der Waals surface area contributed by atoms with E-state index in [1.54, 1.807) is 37.3 Å². The molecule has 2 rings (SSSR count). The zero-order chi connectivity index (χ0) is 14.1. The second-order valence-corrected chi connectivity index (χ2v) is 5.09. The highest BCUT2D eigenvalue weighted by Crippen LogP contribution is 2.51. The molecular formula is C13H19O5P. The van der Waals surface area contributed by atoms with Gasteiger partial charge in [-0.25, -0.2) is 9.09 Å². The Balaban J connectivity index is 0.000000550. The van der Waals surface area contributed by atoms with Gasteiger partial charge in [0.1, 0.15) is 12.4 Å². The first-order valence-corrected chi connectivity index (χ1v) is 7.46. The average Bonchev–Trinajstić information content (AvgIpc) is 3.15. The summed E-state index contributed by atoms with van der Waals surface area (Å²) in [5, 5.41) is 0. The van der Waals surface area contributed by atoms with Crippen LogP contribution >= 0.6 is 7.82 Å². The van der Waals surface area contributed by atoms with Crippen LogP contribution in [0.2, 0.25) is 0 Å². The summed E-state index contributed by atoms with van der Waals surface area (Å²) in [7, 11) is -3.56. The fourth-order valence-electron chi connectivity index (χ4n) is 1.09. The van der Waals surface area contributed by atoms with Crippen LogP contribution in [0.25, 0.3) is 0 Å². The SMILES string of the molecule is C=CC.CCOP(=O)(Oc1ccccc1)OC1CO1. The number of ether oxygens (including phenoxy) is 1. The second-order valence-electron chi connectivity index (χ2n) is 3.55. The number of phosphoric acid groups is 1. The predicted molar refractivity (Wildman–Crippen MR) is 73.0 cm³/mol. The minimum absolute atomic E-state index is 0.247. The number of para-hydroxylation sites is 1. The average molecular weight is 286 g/mol. The molecule has 0 saturated carbocycles. The van der Waals surface area contributed by atoms with Gasteiger partial charge in [0.05, 0.1) is 6.61 Å². The van der Waals surface area contributed by atoms with Gasteiger partial charge in [-0.15, -0.1) is 6.58 Å². The smallest absolute Gasteiger partial charge is 0.404 e. The van der Waals surface area contributed by atoms with Crippen LogP contribution in [-0.4, -0.2) is 19.5 Å². The molecule has 0 N–H and O–H groups in total. The highest BCUT2D eigenvalue weighted by molar-refractivity contribution is 7.49. The van der Waals surface area contributed by atoms with Gasteiger partial charge in [0, 0.05) is 0 Å². The van der Waals surface area contributed by atoms with Crippen LogP contribution in [0.1, 0.15) is 13.8 Å². The minimum Gasteiger partial charge on any atom is -0.404 e. The topological polar surface area (TPSA) is 57.3 Å². The second kappa shape index (κ2) is 8.12. The molecule has 1 fully saturated rings. The summed E-state index contributed by atoms with van der Waals surface area (Å²) in [4.78, 5) is 0. The zero-order valence-electron chi connectivity index (χ0n) is 11.2. The molecule has 0 aliphatic carbocycles. The van der Waals surface area contributed by atoms with E-state index in [1.165, 1.54) is 0 Å². The molecule has 19 heavy (non-hydrogen) atoms. The third kappa shape index (κ3) is 6.55. The number of benzene rings is 1. The predicted octanol–water partition coefficient (Wildman–Crippen LogP) is 3.78. The maximum Gasteiger partial charge on any atom is 0.532 e. The molecule has 5 nitrogen and oxygen atoms in total. The standard InChI is InChI=1S/C10H13O5P.C3H6/c1-2-13-16(11,15-10-8-12-10)14-9-6-4-3-5-7-9;1-3-2/h3-7,10H,2,8H2,1H3;3H,1H2,2H3. The lowest BCUT2D eigenvalue weighted by atomic mass is 10.3. The molecule has 1 aliphatic rings. The third-order valence-electron chi connectivity index (χ3n) is 1.80. The molecule has 0 aromatic heterocycles. The van der Waals surface area contributed by atoms with E-state index in [0.717, 1.165) is 0 Å². The van der Waals surface area contributed by atoms with Crippen molar-refractivity contribution in [3.05, 3.63) is 43.0 Å². The van der Waals surface area contributed by atoms with Crippen molar-refractivity contribution in [3.8, 4) is 5.75 Å². The van der Waals surface area contributed by atoms with Gasteiger partial charge in [-0.3, -0.25) is 4.52 Å². The van der Waals surface area contributed by atoms with Crippen LogP contribution in [0.3, 0.4) is 0 Å². The van der Waals surface area contributed by atoms with Gasteiger partial charge in [0.25, 0.3) is 0 Å². The summed E-state index contributed by atoms with van der Waals surface area (Å²) in [5.74, 6) is 0.444. The first-order valence-electron chi connectivity index (χ1n) is 5.99. The van der Waals surface area contributed by atoms with Gasteiger partial charge in [-0.1, -0.05) is 24.3 Å². The van der Waals surface area contributed by atoms with Crippen molar-refractivity contribution in [2.75, 3.05) is 13.2 Å². The molecule has 1 aromatic rings. The minimum atomic E-state index is -3.56. The Morgan fingerprint density at radius 2 is 2.05 bits per heavy atom. The van der Waals surface area contributed by atoms with Gasteiger partial charge < -0.3 is 9.26 Å². The molecule has 0 radical (unpaired) electrons. The monoisotopic (exact) mass is 286 g/mol. The number of allylic oxidation sites excluding steroid dienone is 1. The third-order valence-corrected chi connectivity index (χ3v) is 3.30. The maximum atomic E-state index is 12.1. The van der Waals surface area contributed by atoms with Crippen molar-refractivity contribution < 1.29 is 22.9 Å². The van der Waals surface area contributed by atoms with E-state index in [2.05, 4.69) is 6.58 Å². The molecule has 2 atom stereocenters. The molecule has 0 amide bonds. The Bertz CT molecular complexity index is 416. The van der Waals surface area contributed by atoms with Gasteiger partial charge in [0.2, 0.25) is 0 Å². The highest BCUT2D eigenvalue weighted by atomic mass is 31.2. The van der Waals surface area contributed by atoms with Crippen LogP contribution in [0, 0.1) is 0 Å². The van der Waals surface area contributed by atoms with E-state index in [4.69, 9.17) is 18.3 Å². The van der Waals surface area contributed by atoms with Gasteiger partial charge in [-0.2, -0.15) is 0 Å². The number of rotatable bonds is 6. The first-order chi connectivity index (χ1) is 9.13. The Morgan fingerprint density at radius 3 is 2.53 bits per heavy atom. The van der Waals surface area contributed by atoms with E-state index < -0.39 is 14.1 Å². The molecular weight excluding hydrogens is 267 g/mol. The molecule has 106 valence electrons. The van der Waals surface area contributed by atoms with Gasteiger partial charge >= 0.3 is 7.82 Å². The molecule has 1 aromatic carbocycles. The van der Waals surface area contributed by atoms with Crippen LogP contribution in [0.5, 0.6) is 5.75 Å². The lowest BCUT2D eigenvalue weighted by Gasteiger charge is -2.16. The highest BCUT2D eigenvalue weighted by Gasteiger charge is 2.38. The molecule has 1 heterocycles. The Labute approximate surface area is 113 Å². The van der Waals surface area contributed by atoms with Crippen molar-refractivity contribution in [1.82, 2.24) is 0 Å². The van der Waals surface area contributed by atoms with Crippen LogP contribution in [-0.2, 0) is 18.3 Å². The molecule has 0 spiro atoms. The zero-order valence-corrected chi connectivity index (χ0v) is 12.0. The van der Waals surface area contributed by atoms with E-state index in [0.29, 0.717) is 12.4 Å². The lowest BCUT2D eigenvalue weighted by molar-refractivity contribution is 0.106. The van der Waals surface area contributed by atoms with E-state index in [9.17, 15) is 4.57 Å². The fraction of sp³-hybridized carbons (Fsp3) is 0.385. The first kappa shape index (κ1) is 15.9. The fourth-order valence-corrected chi connectivity index (χ4v) is 2.35.